The highest BCUT2D eigenvalue weighted by molar-refractivity contribution is 6.03. The first kappa shape index (κ1) is 21.0. The zero-order valence-corrected chi connectivity index (χ0v) is 18.5. The minimum atomic E-state index is -0.493. The second kappa shape index (κ2) is 8.22. The SMILES string of the molecule is CC(NC(=O)c1c(N)[nH][n+]2cccnc12)c1cc2cccc(C#Cc3cnn(C)c3)c2c(=O)[nH]1. The number of nitrogens with one attached hydrogen (secondary N) is 3. The Morgan fingerprint density at radius 2 is 2.15 bits per heavy atom. The van der Waals surface area contributed by atoms with Crippen molar-refractivity contribution in [2.45, 2.75) is 13.0 Å². The fourth-order valence-electron chi connectivity index (χ4n) is 3.83. The van der Waals surface area contributed by atoms with Crippen molar-refractivity contribution in [2.24, 2.45) is 7.05 Å². The molecule has 0 bridgehead atoms. The molecule has 168 valence electrons. The van der Waals surface area contributed by atoms with Crippen LogP contribution < -0.4 is 21.1 Å². The number of nitrogen functional groups attached to an aromatic ring is 1. The zero-order valence-electron chi connectivity index (χ0n) is 18.5. The number of hydrogen-bond acceptors (Lipinski definition) is 5. The number of benzene rings is 1. The number of carbonyl (C=O) groups excluding carboxylic acids is 1. The number of pyridine rings is 1. The van der Waals surface area contributed by atoms with Crippen LogP contribution >= 0.6 is 0 Å². The number of amides is 1. The molecule has 0 fully saturated rings. The highest BCUT2D eigenvalue weighted by Gasteiger charge is 2.26. The average molecular weight is 453 g/mol. The molecule has 34 heavy (non-hydrogen) atoms. The van der Waals surface area contributed by atoms with Crippen molar-refractivity contribution in [1.82, 2.24) is 30.2 Å². The lowest BCUT2D eigenvalue weighted by molar-refractivity contribution is -0.577. The van der Waals surface area contributed by atoms with Gasteiger partial charge in [0.15, 0.2) is 11.4 Å². The van der Waals surface area contributed by atoms with E-state index in [1.807, 2.05) is 25.2 Å². The molecule has 0 radical (unpaired) electrons. The molecular weight excluding hydrogens is 432 g/mol. The summed E-state index contributed by atoms with van der Waals surface area (Å²) in [5, 5.41) is 11.1. The Labute approximate surface area is 193 Å². The zero-order chi connectivity index (χ0) is 23.8. The molecule has 0 aliphatic rings. The first-order valence-corrected chi connectivity index (χ1v) is 10.5. The van der Waals surface area contributed by atoms with E-state index < -0.39 is 11.9 Å². The summed E-state index contributed by atoms with van der Waals surface area (Å²) in [5.41, 5.74) is 8.30. The van der Waals surface area contributed by atoms with E-state index >= 15 is 0 Å². The molecule has 0 aliphatic carbocycles. The summed E-state index contributed by atoms with van der Waals surface area (Å²) in [6, 6.07) is 8.56. The van der Waals surface area contributed by atoms with Gasteiger partial charge in [0.05, 0.1) is 23.2 Å². The molecule has 0 spiro atoms. The minimum Gasteiger partial charge on any atom is -0.382 e. The van der Waals surface area contributed by atoms with E-state index in [9.17, 15) is 9.59 Å². The van der Waals surface area contributed by atoms with Crippen molar-refractivity contribution in [1.29, 1.82) is 0 Å². The predicted molar refractivity (Wildman–Crippen MR) is 126 cm³/mol. The smallest absolute Gasteiger partial charge is 0.362 e. The standard InChI is InChI=1S/C24H20N8O2/c1-14(28-24(34)20-21(25)30-32-10-4-9-26-22(20)32)18-11-17-6-3-5-16(19(17)23(33)29-18)8-7-15-12-27-31(2)13-15/h3-6,9-14H,1-2H3,(H4,25,28,29,30,33,34)/p+1. The summed E-state index contributed by atoms with van der Waals surface area (Å²) in [4.78, 5) is 33.1. The van der Waals surface area contributed by atoms with Crippen LogP contribution in [0.3, 0.4) is 0 Å². The largest absolute Gasteiger partial charge is 0.382 e. The molecule has 4 heterocycles. The third-order valence-corrected chi connectivity index (χ3v) is 5.46. The third kappa shape index (κ3) is 3.75. The monoisotopic (exact) mass is 453 g/mol. The number of aromatic amines is 2. The van der Waals surface area contributed by atoms with E-state index in [0.29, 0.717) is 22.3 Å². The summed E-state index contributed by atoms with van der Waals surface area (Å²) in [6.07, 6.45) is 6.77. The van der Waals surface area contributed by atoms with Gasteiger partial charge in [-0.1, -0.05) is 24.0 Å². The molecule has 5 N–H and O–H groups in total. The Balaban J connectivity index is 1.46. The first-order valence-electron chi connectivity index (χ1n) is 10.5. The number of nitrogens with two attached hydrogens (primary N) is 1. The highest BCUT2D eigenvalue weighted by Crippen LogP contribution is 2.19. The number of aryl methyl sites for hydroxylation is 1. The van der Waals surface area contributed by atoms with Crippen molar-refractivity contribution >= 4 is 28.1 Å². The number of hydrogen-bond donors (Lipinski definition) is 4. The van der Waals surface area contributed by atoms with E-state index in [0.717, 1.165) is 10.9 Å². The highest BCUT2D eigenvalue weighted by atomic mass is 16.2. The maximum Gasteiger partial charge on any atom is 0.362 e. The van der Waals surface area contributed by atoms with Crippen molar-refractivity contribution in [3.05, 3.63) is 87.9 Å². The summed E-state index contributed by atoms with van der Waals surface area (Å²) in [5.74, 6) is 5.89. The predicted octanol–water partition coefficient (Wildman–Crippen LogP) is 1.20. The maximum absolute atomic E-state index is 13.0. The Bertz CT molecular complexity index is 1680. The summed E-state index contributed by atoms with van der Waals surface area (Å²) in [7, 11) is 1.82. The summed E-state index contributed by atoms with van der Waals surface area (Å²) >= 11 is 0. The molecule has 0 saturated heterocycles. The van der Waals surface area contributed by atoms with Gasteiger partial charge in [-0.2, -0.15) is 5.10 Å². The second-order valence-electron chi connectivity index (χ2n) is 7.89. The fraction of sp³-hybridized carbons (Fsp3) is 0.125. The van der Waals surface area contributed by atoms with Gasteiger partial charge in [-0.3, -0.25) is 14.3 Å². The van der Waals surface area contributed by atoms with E-state index in [4.69, 9.17) is 5.73 Å². The van der Waals surface area contributed by atoms with Crippen LogP contribution in [0.5, 0.6) is 0 Å². The van der Waals surface area contributed by atoms with Crippen molar-refractivity contribution in [2.75, 3.05) is 5.73 Å². The lowest BCUT2D eigenvalue weighted by atomic mass is 10.0. The molecule has 4 aromatic heterocycles. The van der Waals surface area contributed by atoms with Gasteiger partial charge in [-0.25, -0.2) is 5.10 Å². The van der Waals surface area contributed by atoms with Gasteiger partial charge in [0.1, 0.15) is 12.4 Å². The van der Waals surface area contributed by atoms with E-state index in [-0.39, 0.29) is 16.9 Å². The van der Waals surface area contributed by atoms with Gasteiger partial charge >= 0.3 is 5.65 Å². The molecule has 1 amide bonds. The Kier molecular flexibility index (Phi) is 5.07. The Morgan fingerprint density at radius 1 is 1.29 bits per heavy atom. The quantitative estimate of drug-likeness (QED) is 0.240. The molecule has 0 saturated carbocycles. The van der Waals surface area contributed by atoms with E-state index in [1.165, 1.54) is 0 Å². The molecule has 1 unspecified atom stereocenters. The van der Waals surface area contributed by atoms with Gasteiger partial charge in [0.2, 0.25) is 0 Å². The minimum absolute atomic E-state index is 0.201. The van der Waals surface area contributed by atoms with Crippen molar-refractivity contribution in [3.8, 4) is 11.8 Å². The molecular formula is C24H21N8O2+. The number of H-pyrrole nitrogens is 2. The number of nitrogens with zero attached hydrogens (tertiary/aromatic N) is 4. The van der Waals surface area contributed by atoms with E-state index in [2.05, 4.69) is 37.3 Å². The van der Waals surface area contributed by atoms with Crippen molar-refractivity contribution < 1.29 is 9.31 Å². The second-order valence-corrected chi connectivity index (χ2v) is 7.89. The third-order valence-electron chi connectivity index (χ3n) is 5.46. The van der Waals surface area contributed by atoms with Gasteiger partial charge in [0, 0.05) is 30.6 Å². The van der Waals surface area contributed by atoms with Gasteiger partial charge in [-0.05, 0) is 29.4 Å². The molecule has 1 atom stereocenters. The van der Waals surface area contributed by atoms with Crippen LogP contribution in [0.25, 0.3) is 16.4 Å². The van der Waals surface area contributed by atoms with Crippen LogP contribution in [-0.4, -0.2) is 30.8 Å². The Morgan fingerprint density at radius 3 is 2.94 bits per heavy atom. The van der Waals surface area contributed by atoms with Gasteiger partial charge in [0.25, 0.3) is 11.5 Å². The average Bonchev–Trinajstić information content (AvgIpc) is 3.38. The molecule has 10 heteroatoms. The number of fused-ring (bicyclic) bond motifs is 2. The summed E-state index contributed by atoms with van der Waals surface area (Å²) < 4.78 is 3.24. The van der Waals surface area contributed by atoms with Crippen molar-refractivity contribution in [3.63, 3.8) is 0 Å². The van der Waals surface area contributed by atoms with Gasteiger partial charge < -0.3 is 16.0 Å². The molecule has 5 aromatic rings. The molecule has 10 nitrogen and oxygen atoms in total. The molecule has 5 rings (SSSR count). The summed E-state index contributed by atoms with van der Waals surface area (Å²) in [6.45, 7) is 1.78. The Hall–Kier alpha value is -4.91. The van der Waals surface area contributed by atoms with Crippen LogP contribution in [0.4, 0.5) is 5.82 Å². The lowest BCUT2D eigenvalue weighted by Crippen LogP contribution is -2.30. The van der Waals surface area contributed by atoms with Crippen LogP contribution in [0.1, 0.15) is 40.1 Å². The first-order chi connectivity index (χ1) is 16.4. The number of anilines is 1. The maximum atomic E-state index is 13.0. The fourth-order valence-corrected chi connectivity index (χ4v) is 3.83. The number of carbonyl (C=O) groups is 1. The van der Waals surface area contributed by atoms with Crippen LogP contribution in [-0.2, 0) is 7.05 Å². The molecule has 0 aliphatic heterocycles. The normalized spacial score (nSPS) is 11.8. The van der Waals surface area contributed by atoms with E-state index in [1.54, 1.807) is 53.0 Å². The number of rotatable bonds is 3. The number of aromatic nitrogens is 6. The van der Waals surface area contributed by atoms with Crippen LogP contribution in [0.2, 0.25) is 0 Å². The topological polar surface area (TPSA) is 139 Å². The van der Waals surface area contributed by atoms with Gasteiger partial charge in [-0.15, -0.1) is 4.52 Å². The van der Waals surface area contributed by atoms with Crippen LogP contribution in [0, 0.1) is 11.8 Å². The molecule has 1 aromatic carbocycles. The van der Waals surface area contributed by atoms with Crippen LogP contribution in [0.15, 0.2) is 59.9 Å². The lowest BCUT2D eigenvalue weighted by Gasteiger charge is -2.14.